The smallest absolute Gasteiger partial charge is 0.250 e. The van der Waals surface area contributed by atoms with Crippen molar-refractivity contribution in [2.24, 2.45) is 5.10 Å². The second-order valence-corrected chi connectivity index (χ2v) is 4.72. The van der Waals surface area contributed by atoms with Crippen LogP contribution in [0.1, 0.15) is 30.3 Å². The van der Waals surface area contributed by atoms with Crippen LogP contribution >= 0.6 is 12.2 Å². The number of nitrogens with one attached hydrogen (secondary N) is 1. The second kappa shape index (κ2) is 6.21. The summed E-state index contributed by atoms with van der Waals surface area (Å²) in [6.07, 6.45) is -1.82. The van der Waals surface area contributed by atoms with Crippen molar-refractivity contribution in [1.29, 1.82) is 0 Å². The van der Waals surface area contributed by atoms with Gasteiger partial charge in [0, 0.05) is 12.0 Å². The maximum atomic E-state index is 12.9. The lowest BCUT2D eigenvalue weighted by molar-refractivity contribution is -0.137. The third-order valence-corrected chi connectivity index (χ3v) is 3.03. The molecule has 0 aliphatic rings. The van der Waals surface area contributed by atoms with E-state index < -0.39 is 11.7 Å². The number of benzene rings is 1. The summed E-state index contributed by atoms with van der Waals surface area (Å²) in [6.45, 7) is 1.96. The summed E-state index contributed by atoms with van der Waals surface area (Å²) < 4.78 is 40.2. The van der Waals surface area contributed by atoms with E-state index in [0.717, 1.165) is 18.7 Å². The molecule has 2 aromatic rings. The molecule has 4 nitrogen and oxygen atoms in total. The quantitative estimate of drug-likeness (QED) is 0.689. The Morgan fingerprint density at radius 1 is 1.38 bits per heavy atom. The van der Waals surface area contributed by atoms with Gasteiger partial charge in [-0.3, -0.25) is 5.10 Å². The number of aromatic nitrogens is 3. The average Bonchev–Trinajstić information content (AvgIpc) is 2.77. The van der Waals surface area contributed by atoms with Crippen molar-refractivity contribution in [2.45, 2.75) is 25.9 Å². The predicted octanol–water partition coefficient (Wildman–Crippen LogP) is 3.79. The number of aromatic amines is 1. The van der Waals surface area contributed by atoms with Crippen molar-refractivity contribution in [3.63, 3.8) is 0 Å². The fourth-order valence-corrected chi connectivity index (χ4v) is 2.01. The van der Waals surface area contributed by atoms with Crippen molar-refractivity contribution >= 4 is 18.4 Å². The van der Waals surface area contributed by atoms with Crippen molar-refractivity contribution in [1.82, 2.24) is 14.9 Å². The lowest BCUT2D eigenvalue weighted by Gasteiger charge is -2.09. The van der Waals surface area contributed by atoms with Gasteiger partial charge < -0.3 is 0 Å². The first kappa shape index (κ1) is 15.4. The Bertz CT molecular complexity index is 700. The van der Waals surface area contributed by atoms with E-state index >= 15 is 0 Å². The molecule has 0 spiro atoms. The molecule has 0 saturated carbocycles. The molecular formula is C13H13F3N4S. The molecule has 1 aromatic carbocycles. The third kappa shape index (κ3) is 3.57. The molecule has 0 bridgehead atoms. The number of nitrogens with zero attached hydrogens (tertiary/aromatic N) is 3. The highest BCUT2D eigenvalue weighted by molar-refractivity contribution is 7.71. The van der Waals surface area contributed by atoms with Crippen LogP contribution in [0.15, 0.2) is 29.4 Å². The summed E-state index contributed by atoms with van der Waals surface area (Å²) in [5.74, 6) is 0.586. The molecule has 0 unspecified atom stereocenters. The van der Waals surface area contributed by atoms with Gasteiger partial charge in [-0.1, -0.05) is 25.1 Å². The Labute approximate surface area is 124 Å². The number of H-pyrrole nitrogens is 1. The van der Waals surface area contributed by atoms with Crippen LogP contribution in [0.25, 0.3) is 0 Å². The van der Waals surface area contributed by atoms with E-state index in [2.05, 4.69) is 15.3 Å². The molecule has 0 radical (unpaired) electrons. The molecule has 0 aliphatic carbocycles. The number of hydrogen-bond donors (Lipinski definition) is 1. The molecule has 0 atom stereocenters. The van der Waals surface area contributed by atoms with Gasteiger partial charge in [0.1, 0.15) is 0 Å². The van der Waals surface area contributed by atoms with Gasteiger partial charge in [-0.2, -0.15) is 28.0 Å². The van der Waals surface area contributed by atoms with Crippen molar-refractivity contribution in [3.8, 4) is 0 Å². The molecule has 2 rings (SSSR count). The molecule has 0 amide bonds. The number of alkyl halides is 3. The van der Waals surface area contributed by atoms with Crippen molar-refractivity contribution in [2.75, 3.05) is 0 Å². The number of aryl methyl sites for hydroxylation is 1. The minimum absolute atomic E-state index is 0.0180. The topological polar surface area (TPSA) is 46.0 Å². The first-order chi connectivity index (χ1) is 9.93. The minimum atomic E-state index is -4.42. The van der Waals surface area contributed by atoms with E-state index in [4.69, 9.17) is 12.2 Å². The van der Waals surface area contributed by atoms with E-state index in [1.54, 1.807) is 0 Å². The van der Waals surface area contributed by atoms with Crippen LogP contribution in [0.3, 0.4) is 0 Å². The van der Waals surface area contributed by atoms with Crippen LogP contribution in [-0.4, -0.2) is 21.1 Å². The second-order valence-electron chi connectivity index (χ2n) is 4.34. The summed E-state index contributed by atoms with van der Waals surface area (Å²) in [4.78, 5) is 0. The first-order valence-electron chi connectivity index (χ1n) is 6.30. The minimum Gasteiger partial charge on any atom is -0.250 e. The number of halogens is 3. The zero-order valence-electron chi connectivity index (χ0n) is 11.2. The average molecular weight is 314 g/mol. The summed E-state index contributed by atoms with van der Waals surface area (Å²) in [5.41, 5.74) is -0.753. The zero-order chi connectivity index (χ0) is 15.5. The van der Waals surface area contributed by atoms with Crippen LogP contribution in [0.2, 0.25) is 0 Å². The van der Waals surface area contributed by atoms with Crippen LogP contribution in [0.4, 0.5) is 13.2 Å². The molecule has 21 heavy (non-hydrogen) atoms. The van der Waals surface area contributed by atoms with Crippen LogP contribution in [-0.2, 0) is 12.6 Å². The van der Waals surface area contributed by atoms with Crippen LogP contribution in [0, 0.1) is 4.77 Å². The SMILES string of the molecule is CCCc1n[nH]c(=S)n1/N=C\c1ccccc1C(F)(F)F. The molecule has 0 aliphatic heterocycles. The van der Waals surface area contributed by atoms with Gasteiger partial charge in [0.15, 0.2) is 5.82 Å². The van der Waals surface area contributed by atoms with Gasteiger partial charge >= 0.3 is 6.18 Å². The molecule has 1 aromatic heterocycles. The normalized spacial score (nSPS) is 12.2. The molecule has 112 valence electrons. The molecule has 0 saturated heterocycles. The number of rotatable bonds is 4. The largest absolute Gasteiger partial charge is 0.417 e. The third-order valence-electron chi connectivity index (χ3n) is 2.77. The van der Waals surface area contributed by atoms with Gasteiger partial charge in [0.2, 0.25) is 4.77 Å². The number of hydrogen-bond acceptors (Lipinski definition) is 3. The van der Waals surface area contributed by atoms with Gasteiger partial charge in [-0.25, -0.2) is 0 Å². The van der Waals surface area contributed by atoms with Crippen molar-refractivity contribution in [3.05, 3.63) is 46.0 Å². The molecule has 8 heteroatoms. The molecule has 0 fully saturated rings. The molecule has 1 heterocycles. The maximum absolute atomic E-state index is 12.9. The van der Waals surface area contributed by atoms with E-state index in [0.29, 0.717) is 12.2 Å². The van der Waals surface area contributed by atoms with E-state index in [9.17, 15) is 13.2 Å². The highest BCUT2D eigenvalue weighted by Gasteiger charge is 2.32. The Morgan fingerprint density at radius 3 is 2.76 bits per heavy atom. The van der Waals surface area contributed by atoms with Crippen LogP contribution < -0.4 is 0 Å². The van der Waals surface area contributed by atoms with Crippen molar-refractivity contribution < 1.29 is 13.2 Å². The van der Waals surface area contributed by atoms with Gasteiger partial charge in [-0.05, 0) is 24.7 Å². The first-order valence-corrected chi connectivity index (χ1v) is 6.71. The maximum Gasteiger partial charge on any atom is 0.417 e. The van der Waals surface area contributed by atoms with E-state index in [1.807, 2.05) is 6.92 Å². The Hall–Kier alpha value is -1.96. The Balaban J connectivity index is 2.39. The lowest BCUT2D eigenvalue weighted by atomic mass is 10.1. The monoisotopic (exact) mass is 314 g/mol. The molecular weight excluding hydrogens is 301 g/mol. The van der Waals surface area contributed by atoms with Gasteiger partial charge in [0.05, 0.1) is 11.8 Å². The standard InChI is InChI=1S/C13H13F3N4S/c1-2-5-11-18-19-12(21)20(11)17-8-9-6-3-4-7-10(9)13(14,15)16/h3-4,6-8H,2,5H2,1H3,(H,19,21)/b17-8-. The summed E-state index contributed by atoms with van der Waals surface area (Å²) >= 11 is 5.02. The van der Waals surface area contributed by atoms with Gasteiger partial charge in [-0.15, -0.1) is 0 Å². The zero-order valence-corrected chi connectivity index (χ0v) is 12.0. The summed E-state index contributed by atoms with van der Waals surface area (Å²) in [5, 5.41) is 10.6. The predicted molar refractivity (Wildman–Crippen MR) is 75.8 cm³/mol. The lowest BCUT2D eigenvalue weighted by Crippen LogP contribution is -2.09. The Morgan fingerprint density at radius 2 is 2.10 bits per heavy atom. The van der Waals surface area contributed by atoms with E-state index in [-0.39, 0.29) is 10.3 Å². The molecule has 1 N–H and O–H groups in total. The highest BCUT2D eigenvalue weighted by atomic mass is 32.1. The summed E-state index contributed by atoms with van der Waals surface area (Å²) in [6, 6.07) is 5.24. The fourth-order valence-electron chi connectivity index (χ4n) is 1.82. The van der Waals surface area contributed by atoms with E-state index in [1.165, 1.54) is 22.9 Å². The van der Waals surface area contributed by atoms with Gasteiger partial charge in [0.25, 0.3) is 0 Å². The van der Waals surface area contributed by atoms with Crippen LogP contribution in [0.5, 0.6) is 0 Å². The fraction of sp³-hybridized carbons (Fsp3) is 0.308. The highest BCUT2D eigenvalue weighted by Crippen LogP contribution is 2.31. The summed E-state index contributed by atoms with van der Waals surface area (Å²) in [7, 11) is 0. The Kier molecular flexibility index (Phi) is 4.56.